The summed E-state index contributed by atoms with van der Waals surface area (Å²) in [6.45, 7) is 0.588. The molecule has 1 aliphatic heterocycles. The third kappa shape index (κ3) is 5.44. The maximum absolute atomic E-state index is 13.0. The van der Waals surface area contributed by atoms with Crippen LogP contribution in [0.5, 0.6) is 11.5 Å². The summed E-state index contributed by atoms with van der Waals surface area (Å²) in [5.74, 6) is 3.92. The summed E-state index contributed by atoms with van der Waals surface area (Å²) in [6.07, 6.45) is 12.7. The van der Waals surface area contributed by atoms with Gasteiger partial charge in [-0.3, -0.25) is 14.5 Å². The smallest absolute Gasteiger partial charge is 0.266 e. The van der Waals surface area contributed by atoms with Crippen LogP contribution in [0.3, 0.4) is 0 Å². The van der Waals surface area contributed by atoms with Crippen LogP contribution in [0.1, 0.15) is 69.8 Å². The number of thioether (sulfide) groups is 1. The van der Waals surface area contributed by atoms with Crippen LogP contribution in [-0.2, 0) is 9.59 Å². The molecule has 1 heterocycles. The topological polar surface area (TPSA) is 67.9 Å². The Labute approximate surface area is 223 Å². The second-order valence-electron chi connectivity index (χ2n) is 11.0. The van der Waals surface area contributed by atoms with Crippen molar-refractivity contribution in [1.29, 1.82) is 0 Å². The molecular formula is C28H36N2O4S2. The van der Waals surface area contributed by atoms with Gasteiger partial charge in [-0.05, 0) is 92.9 Å². The van der Waals surface area contributed by atoms with Crippen molar-refractivity contribution in [2.24, 2.45) is 17.8 Å². The molecule has 4 bridgehead atoms. The fourth-order valence-corrected chi connectivity index (χ4v) is 8.45. The quantitative estimate of drug-likeness (QED) is 0.244. The van der Waals surface area contributed by atoms with Gasteiger partial charge in [0.15, 0.2) is 11.5 Å². The average molecular weight is 529 g/mol. The van der Waals surface area contributed by atoms with Crippen LogP contribution in [0.4, 0.5) is 0 Å². The predicted octanol–water partition coefficient (Wildman–Crippen LogP) is 5.55. The van der Waals surface area contributed by atoms with Crippen molar-refractivity contribution in [3.8, 4) is 11.5 Å². The van der Waals surface area contributed by atoms with Crippen molar-refractivity contribution in [3.05, 3.63) is 28.7 Å². The lowest BCUT2D eigenvalue weighted by atomic mass is 9.53. The fraction of sp³-hybridized carbons (Fsp3) is 0.607. The lowest BCUT2D eigenvalue weighted by Gasteiger charge is -2.56. The van der Waals surface area contributed by atoms with Crippen LogP contribution < -0.4 is 14.8 Å². The molecule has 6 rings (SSSR count). The minimum Gasteiger partial charge on any atom is -0.493 e. The van der Waals surface area contributed by atoms with Crippen molar-refractivity contribution < 1.29 is 19.1 Å². The van der Waals surface area contributed by atoms with Gasteiger partial charge in [-0.1, -0.05) is 36.5 Å². The zero-order valence-electron chi connectivity index (χ0n) is 21.2. The van der Waals surface area contributed by atoms with E-state index in [0.29, 0.717) is 33.7 Å². The highest BCUT2D eigenvalue weighted by Crippen LogP contribution is 2.55. The van der Waals surface area contributed by atoms with Crippen LogP contribution in [-0.4, -0.2) is 47.3 Å². The minimum absolute atomic E-state index is 0.0562. The van der Waals surface area contributed by atoms with Gasteiger partial charge in [0.1, 0.15) is 4.32 Å². The summed E-state index contributed by atoms with van der Waals surface area (Å²) in [5.41, 5.74) is 0.951. The highest BCUT2D eigenvalue weighted by molar-refractivity contribution is 8.26. The Morgan fingerprint density at radius 2 is 1.75 bits per heavy atom. The van der Waals surface area contributed by atoms with Crippen molar-refractivity contribution in [2.75, 3.05) is 20.8 Å². The Hall–Kier alpha value is -2.06. The number of hydrogen-bond donors (Lipinski definition) is 1. The third-order valence-electron chi connectivity index (χ3n) is 8.31. The Balaban J connectivity index is 1.06. The van der Waals surface area contributed by atoms with Gasteiger partial charge in [0, 0.05) is 18.5 Å². The largest absolute Gasteiger partial charge is 0.493 e. The molecule has 5 fully saturated rings. The molecule has 1 aromatic carbocycles. The van der Waals surface area contributed by atoms with Crippen LogP contribution in [0, 0.1) is 17.8 Å². The second kappa shape index (κ2) is 10.7. The van der Waals surface area contributed by atoms with Crippen LogP contribution >= 0.6 is 24.0 Å². The summed E-state index contributed by atoms with van der Waals surface area (Å²) >= 11 is 6.81. The van der Waals surface area contributed by atoms with E-state index in [1.807, 2.05) is 24.3 Å². The number of amides is 2. The lowest BCUT2D eigenvalue weighted by molar-refractivity contribution is -0.127. The van der Waals surface area contributed by atoms with Gasteiger partial charge in [-0.25, -0.2) is 0 Å². The molecule has 194 valence electrons. The molecule has 5 aliphatic rings. The number of methoxy groups -OCH3 is 2. The number of hydrogen-bond acceptors (Lipinski definition) is 6. The Kier molecular flexibility index (Phi) is 7.63. The maximum Gasteiger partial charge on any atom is 0.266 e. The van der Waals surface area contributed by atoms with Crippen molar-refractivity contribution in [2.45, 2.75) is 69.7 Å². The lowest BCUT2D eigenvalue weighted by Crippen LogP contribution is -2.59. The van der Waals surface area contributed by atoms with E-state index in [0.717, 1.165) is 42.6 Å². The monoisotopic (exact) mass is 528 g/mol. The second-order valence-corrected chi connectivity index (χ2v) is 12.7. The van der Waals surface area contributed by atoms with E-state index in [4.69, 9.17) is 21.7 Å². The first-order valence-corrected chi connectivity index (χ1v) is 14.4. The van der Waals surface area contributed by atoms with Gasteiger partial charge in [-0.2, -0.15) is 0 Å². The molecule has 1 aromatic rings. The fourth-order valence-electron chi connectivity index (χ4n) is 7.14. The first-order valence-electron chi connectivity index (χ1n) is 13.2. The molecule has 1 saturated heterocycles. The van der Waals surface area contributed by atoms with E-state index < -0.39 is 0 Å². The Morgan fingerprint density at radius 3 is 2.39 bits per heavy atom. The molecule has 2 amide bonds. The zero-order valence-corrected chi connectivity index (χ0v) is 22.8. The van der Waals surface area contributed by atoms with Gasteiger partial charge in [-0.15, -0.1) is 0 Å². The molecular weight excluding hydrogens is 492 g/mol. The third-order valence-corrected chi connectivity index (χ3v) is 9.69. The van der Waals surface area contributed by atoms with Gasteiger partial charge in [0.25, 0.3) is 5.91 Å². The summed E-state index contributed by atoms with van der Waals surface area (Å²) in [5, 5.41) is 3.46. The number of unbranched alkanes of at least 4 members (excludes halogenated alkanes) is 2. The molecule has 0 unspecified atom stereocenters. The van der Waals surface area contributed by atoms with Crippen LogP contribution in [0.15, 0.2) is 23.1 Å². The van der Waals surface area contributed by atoms with Gasteiger partial charge < -0.3 is 14.8 Å². The summed E-state index contributed by atoms with van der Waals surface area (Å²) in [7, 11) is 3.19. The number of rotatable bonds is 10. The number of carbonyl (C=O) groups is 2. The van der Waals surface area contributed by atoms with Crippen molar-refractivity contribution in [1.82, 2.24) is 10.2 Å². The summed E-state index contributed by atoms with van der Waals surface area (Å²) < 4.78 is 11.2. The predicted molar refractivity (Wildman–Crippen MR) is 147 cm³/mol. The van der Waals surface area contributed by atoms with E-state index in [9.17, 15) is 9.59 Å². The van der Waals surface area contributed by atoms with E-state index in [-0.39, 0.29) is 17.4 Å². The molecule has 4 aliphatic carbocycles. The number of ether oxygens (including phenoxy) is 2. The SMILES string of the molecule is COc1ccc(C=C2SC(=S)N(CCCCCC(=O)NC34CC5CC(CC(C5)C3)C4)C2=O)cc1OC. The molecule has 36 heavy (non-hydrogen) atoms. The number of benzene rings is 1. The maximum atomic E-state index is 13.0. The molecule has 0 aromatic heterocycles. The molecule has 6 nitrogen and oxygen atoms in total. The molecule has 1 N–H and O–H groups in total. The highest BCUT2D eigenvalue weighted by atomic mass is 32.2. The van der Waals surface area contributed by atoms with Crippen molar-refractivity contribution in [3.63, 3.8) is 0 Å². The summed E-state index contributed by atoms with van der Waals surface area (Å²) in [4.78, 5) is 28.0. The minimum atomic E-state index is -0.0562. The number of nitrogens with zero attached hydrogens (tertiary/aromatic N) is 1. The van der Waals surface area contributed by atoms with E-state index >= 15 is 0 Å². The van der Waals surface area contributed by atoms with Gasteiger partial charge in [0.05, 0.1) is 19.1 Å². The van der Waals surface area contributed by atoms with E-state index in [2.05, 4.69) is 5.32 Å². The first-order chi connectivity index (χ1) is 17.4. The average Bonchev–Trinajstić information content (AvgIpc) is 3.09. The highest BCUT2D eigenvalue weighted by Gasteiger charge is 2.51. The van der Waals surface area contributed by atoms with Crippen molar-refractivity contribution >= 4 is 46.2 Å². The standard InChI is InChI=1S/C28H36N2O4S2/c1-33-22-8-7-18(13-23(22)34-2)14-24-26(32)30(27(35)36-24)9-5-3-4-6-25(31)29-28-15-19-10-20(16-28)12-21(11-19)17-28/h7-8,13-14,19-21H,3-6,9-12,15-17H2,1-2H3,(H,29,31). The van der Waals surface area contributed by atoms with Gasteiger partial charge >= 0.3 is 0 Å². The number of carbonyl (C=O) groups excluding carboxylic acids is 2. The first kappa shape index (κ1) is 25.6. The normalized spacial score (nSPS) is 29.8. The molecule has 8 heteroatoms. The van der Waals surface area contributed by atoms with Gasteiger partial charge in [0.2, 0.25) is 5.91 Å². The molecule has 0 spiro atoms. The number of thiocarbonyl (C=S) groups is 1. The zero-order chi connectivity index (χ0) is 25.3. The Bertz CT molecular complexity index is 1030. The summed E-state index contributed by atoms with van der Waals surface area (Å²) in [6, 6.07) is 5.56. The van der Waals surface area contributed by atoms with Crippen LogP contribution in [0.2, 0.25) is 0 Å². The molecule has 0 atom stereocenters. The molecule has 0 radical (unpaired) electrons. The van der Waals surface area contributed by atoms with Crippen LogP contribution in [0.25, 0.3) is 6.08 Å². The number of nitrogens with one attached hydrogen (secondary N) is 1. The Morgan fingerprint density at radius 1 is 1.08 bits per heavy atom. The van der Waals surface area contributed by atoms with E-state index in [1.54, 1.807) is 19.1 Å². The molecule has 4 saturated carbocycles. The van der Waals surface area contributed by atoms with E-state index in [1.165, 1.54) is 50.3 Å².